The van der Waals surface area contributed by atoms with Crippen molar-refractivity contribution in [2.75, 3.05) is 12.1 Å². The van der Waals surface area contributed by atoms with Crippen molar-refractivity contribution in [1.29, 1.82) is 0 Å². The zero-order chi connectivity index (χ0) is 6.69. The lowest BCUT2D eigenvalue weighted by Crippen LogP contribution is -2.28. The average Bonchev–Trinajstić information content (AvgIpc) is 2.37. The molecular weight excluding hydrogens is 118 g/mol. The van der Waals surface area contributed by atoms with Crippen molar-refractivity contribution in [1.82, 2.24) is 9.89 Å². The van der Waals surface area contributed by atoms with Gasteiger partial charge in [-0.2, -0.15) is 9.89 Å². The van der Waals surface area contributed by atoms with Gasteiger partial charge in [-0.05, 0) is 6.07 Å². The molecule has 1 aromatic heterocycles. The number of carbonyl (C=O) groups excluding carboxylic acids is 1. The van der Waals surface area contributed by atoms with Crippen molar-refractivity contribution in [2.45, 2.75) is 0 Å². The van der Waals surface area contributed by atoms with Crippen LogP contribution in [0.3, 0.4) is 0 Å². The molecule has 4 nitrogen and oxygen atoms in total. The Kier molecular flexibility index (Phi) is 1.48. The lowest BCUT2D eigenvalue weighted by atomic mass is 10.8. The van der Waals surface area contributed by atoms with E-state index in [4.69, 9.17) is 0 Å². The highest BCUT2D eigenvalue weighted by atomic mass is 16.1. The van der Waals surface area contributed by atoms with Crippen molar-refractivity contribution in [3.63, 3.8) is 0 Å². The molecule has 1 aromatic rings. The monoisotopic (exact) mass is 124 g/mol. The van der Waals surface area contributed by atoms with Gasteiger partial charge in [0.05, 0.1) is 6.20 Å². The quantitative estimate of drug-likeness (QED) is 0.499. The zero-order valence-electron chi connectivity index (χ0n) is 4.98. The van der Waals surface area contributed by atoms with E-state index in [0.29, 0.717) is 0 Å². The normalized spacial score (nSPS) is 9.00. The molecule has 0 aliphatic heterocycles. The third-order valence-electron chi connectivity index (χ3n) is 0.930. The SMILES string of the molecule is CN([C]=O)n1cccn1. The van der Waals surface area contributed by atoms with Crippen molar-refractivity contribution < 1.29 is 4.79 Å². The third kappa shape index (κ3) is 1.07. The molecule has 0 unspecified atom stereocenters. The predicted molar refractivity (Wildman–Crippen MR) is 32.1 cm³/mol. The summed E-state index contributed by atoms with van der Waals surface area (Å²) in [4.78, 5) is 11.3. The van der Waals surface area contributed by atoms with Gasteiger partial charge in [-0.15, -0.1) is 0 Å². The molecule has 0 atom stereocenters. The Morgan fingerprint density at radius 1 is 1.78 bits per heavy atom. The molecule has 0 fully saturated rings. The molecule has 0 spiro atoms. The van der Waals surface area contributed by atoms with E-state index in [1.807, 2.05) is 0 Å². The van der Waals surface area contributed by atoms with Crippen molar-refractivity contribution in [3.8, 4) is 0 Å². The number of amides is 1. The third-order valence-corrected chi connectivity index (χ3v) is 0.930. The van der Waals surface area contributed by atoms with Crippen LogP contribution in [0.2, 0.25) is 0 Å². The van der Waals surface area contributed by atoms with Gasteiger partial charge in [0, 0.05) is 13.2 Å². The van der Waals surface area contributed by atoms with Crippen LogP contribution in [0.5, 0.6) is 0 Å². The summed E-state index contributed by atoms with van der Waals surface area (Å²) in [6.45, 7) is 0. The summed E-state index contributed by atoms with van der Waals surface area (Å²) in [5.74, 6) is 0. The highest BCUT2D eigenvalue weighted by Gasteiger charge is 1.93. The number of nitrogens with zero attached hydrogens (tertiary/aromatic N) is 3. The Labute approximate surface area is 52.7 Å². The van der Waals surface area contributed by atoms with E-state index in [1.165, 1.54) is 9.80 Å². The first-order valence-corrected chi connectivity index (χ1v) is 2.46. The van der Waals surface area contributed by atoms with E-state index < -0.39 is 0 Å². The fourth-order valence-electron chi connectivity index (χ4n) is 0.480. The number of rotatable bonds is 2. The summed E-state index contributed by atoms with van der Waals surface area (Å²) in [5.41, 5.74) is 0. The summed E-state index contributed by atoms with van der Waals surface area (Å²) >= 11 is 0. The summed E-state index contributed by atoms with van der Waals surface area (Å²) < 4.78 is 0. The molecule has 0 N–H and O–H groups in total. The van der Waals surface area contributed by atoms with Crippen LogP contribution in [-0.2, 0) is 4.79 Å². The lowest BCUT2D eigenvalue weighted by Gasteiger charge is -2.06. The maximum atomic E-state index is 9.94. The second kappa shape index (κ2) is 2.30. The fourth-order valence-corrected chi connectivity index (χ4v) is 0.480. The first kappa shape index (κ1) is 5.81. The molecule has 1 rings (SSSR count). The van der Waals surface area contributed by atoms with Gasteiger partial charge >= 0.3 is 6.41 Å². The van der Waals surface area contributed by atoms with Crippen molar-refractivity contribution in [3.05, 3.63) is 18.5 Å². The molecular formula is C5H6N3O. The second-order valence-electron chi connectivity index (χ2n) is 1.54. The number of aromatic nitrogens is 2. The summed E-state index contributed by atoms with van der Waals surface area (Å²) in [6, 6.07) is 1.73. The van der Waals surface area contributed by atoms with Gasteiger partial charge in [0.15, 0.2) is 0 Å². The molecule has 0 saturated carbocycles. The van der Waals surface area contributed by atoms with Gasteiger partial charge in [-0.1, -0.05) is 0 Å². The van der Waals surface area contributed by atoms with Gasteiger partial charge in [0.2, 0.25) is 0 Å². The molecule has 0 aliphatic rings. The van der Waals surface area contributed by atoms with Gasteiger partial charge in [0.1, 0.15) is 0 Å². The Balaban J connectivity index is 2.76. The van der Waals surface area contributed by atoms with Crippen LogP contribution in [-0.4, -0.2) is 23.3 Å². The minimum Gasteiger partial charge on any atom is -0.261 e. The molecule has 0 aliphatic carbocycles. The van der Waals surface area contributed by atoms with Crippen LogP contribution in [0.4, 0.5) is 0 Å². The van der Waals surface area contributed by atoms with Crippen LogP contribution < -0.4 is 5.01 Å². The lowest BCUT2D eigenvalue weighted by molar-refractivity contribution is 0.532. The molecule has 0 aromatic carbocycles. The minimum absolute atomic E-state index is 1.21. The van der Waals surface area contributed by atoms with Gasteiger partial charge in [-0.3, -0.25) is 4.79 Å². The maximum Gasteiger partial charge on any atom is 0.333 e. The summed E-state index contributed by atoms with van der Waals surface area (Å²) in [5, 5.41) is 4.98. The highest BCUT2D eigenvalue weighted by Crippen LogP contribution is 1.80. The fraction of sp³-hybridized carbons (Fsp3) is 0.200. The largest absolute Gasteiger partial charge is 0.333 e. The number of hydrogen-bond acceptors (Lipinski definition) is 2. The van der Waals surface area contributed by atoms with Crippen LogP contribution in [0.1, 0.15) is 0 Å². The first-order chi connectivity index (χ1) is 4.34. The minimum atomic E-state index is 1.21. The van der Waals surface area contributed by atoms with E-state index in [9.17, 15) is 4.79 Å². The van der Waals surface area contributed by atoms with Crippen LogP contribution in [0.15, 0.2) is 18.5 Å². The van der Waals surface area contributed by atoms with Crippen LogP contribution in [0, 0.1) is 0 Å². The average molecular weight is 124 g/mol. The smallest absolute Gasteiger partial charge is 0.261 e. The zero-order valence-corrected chi connectivity index (χ0v) is 4.98. The summed E-state index contributed by atoms with van der Waals surface area (Å²) in [7, 11) is 1.57. The van der Waals surface area contributed by atoms with E-state index in [0.717, 1.165) is 0 Å². The maximum absolute atomic E-state index is 9.94. The molecule has 1 heterocycles. The topological polar surface area (TPSA) is 38.1 Å². The highest BCUT2D eigenvalue weighted by molar-refractivity contribution is 5.59. The molecule has 1 radical (unpaired) electrons. The van der Waals surface area contributed by atoms with E-state index in [2.05, 4.69) is 5.10 Å². The standard InChI is InChI=1S/C5H6N3O/c1-7(5-9)8-4-2-3-6-8/h2-4H,1H3. The van der Waals surface area contributed by atoms with Gasteiger partial charge in [-0.25, -0.2) is 5.01 Å². The Bertz CT molecular complexity index is 182. The van der Waals surface area contributed by atoms with Gasteiger partial charge < -0.3 is 0 Å². The molecule has 0 saturated heterocycles. The number of hydrogen-bond donors (Lipinski definition) is 0. The van der Waals surface area contributed by atoms with Crippen molar-refractivity contribution in [2.24, 2.45) is 0 Å². The van der Waals surface area contributed by atoms with E-state index >= 15 is 0 Å². The van der Waals surface area contributed by atoms with Crippen LogP contribution in [0.25, 0.3) is 0 Å². The molecule has 4 heteroatoms. The van der Waals surface area contributed by atoms with Crippen LogP contribution >= 0.6 is 0 Å². The van der Waals surface area contributed by atoms with E-state index in [1.54, 1.807) is 31.9 Å². The Morgan fingerprint density at radius 2 is 2.56 bits per heavy atom. The van der Waals surface area contributed by atoms with Gasteiger partial charge in [0.25, 0.3) is 0 Å². The molecule has 9 heavy (non-hydrogen) atoms. The predicted octanol–water partition coefficient (Wildman–Crippen LogP) is -0.482. The van der Waals surface area contributed by atoms with E-state index in [-0.39, 0.29) is 0 Å². The first-order valence-electron chi connectivity index (χ1n) is 2.46. The Morgan fingerprint density at radius 3 is 3.00 bits per heavy atom. The summed E-state index contributed by atoms with van der Waals surface area (Å²) in [6.07, 6.45) is 4.90. The second-order valence-corrected chi connectivity index (χ2v) is 1.54. The molecule has 0 bridgehead atoms. The Hall–Kier alpha value is -1.32. The molecule has 47 valence electrons. The molecule has 1 amide bonds. The van der Waals surface area contributed by atoms with Crippen molar-refractivity contribution >= 4 is 6.41 Å².